The molecule has 1 aliphatic carbocycles. The van der Waals surface area contributed by atoms with Gasteiger partial charge in [-0.2, -0.15) is 10.2 Å². The van der Waals surface area contributed by atoms with Crippen molar-refractivity contribution in [3.8, 4) is 27.7 Å². The van der Waals surface area contributed by atoms with E-state index in [-0.39, 0.29) is 5.92 Å². The van der Waals surface area contributed by atoms with Gasteiger partial charge in [0.2, 0.25) is 0 Å². The standard InChI is InChI=1S/C26H34N8OS/c1-15(2)21-22(19-10-20(35-5)24-27-14-28-34(24)13-19)30-31-23(21)25-29-17(4)26(36-25)33-9-8-32(11-16(33)3)12-18-6-7-18/h10,13-16,18H,6-9,11-12H2,1-5H3,(H,30,31). The highest BCUT2D eigenvalue weighted by atomic mass is 32.1. The second-order valence-electron chi connectivity index (χ2n) is 10.5. The summed E-state index contributed by atoms with van der Waals surface area (Å²) in [6.45, 7) is 13.5. The third-order valence-electron chi connectivity index (χ3n) is 7.39. The summed E-state index contributed by atoms with van der Waals surface area (Å²) in [5, 5.41) is 14.7. The Balaban J connectivity index is 1.33. The molecule has 1 N–H and O–H groups in total. The van der Waals surface area contributed by atoms with Gasteiger partial charge in [-0.1, -0.05) is 25.2 Å². The summed E-state index contributed by atoms with van der Waals surface area (Å²) < 4.78 is 7.33. The summed E-state index contributed by atoms with van der Waals surface area (Å²) in [6.07, 6.45) is 6.32. The zero-order valence-electron chi connectivity index (χ0n) is 21.7. The van der Waals surface area contributed by atoms with E-state index in [1.807, 2.05) is 12.3 Å². The van der Waals surface area contributed by atoms with Crippen molar-refractivity contribution in [2.24, 2.45) is 5.92 Å². The number of hydrogen-bond acceptors (Lipinski definition) is 8. The van der Waals surface area contributed by atoms with Crippen LogP contribution in [0.15, 0.2) is 18.6 Å². The molecule has 36 heavy (non-hydrogen) atoms. The van der Waals surface area contributed by atoms with Crippen LogP contribution in [0.3, 0.4) is 0 Å². The normalized spacial score (nSPS) is 19.1. The van der Waals surface area contributed by atoms with Gasteiger partial charge < -0.3 is 9.64 Å². The van der Waals surface area contributed by atoms with Crippen molar-refractivity contribution in [2.75, 3.05) is 38.2 Å². The molecule has 0 aromatic carbocycles. The lowest BCUT2D eigenvalue weighted by molar-refractivity contribution is 0.221. The number of nitrogens with zero attached hydrogens (tertiary/aromatic N) is 7. The number of aryl methyl sites for hydroxylation is 1. The molecular weight excluding hydrogens is 472 g/mol. The van der Waals surface area contributed by atoms with Crippen LogP contribution in [0.1, 0.15) is 50.8 Å². The smallest absolute Gasteiger partial charge is 0.197 e. The number of fused-ring (bicyclic) bond motifs is 1. The maximum Gasteiger partial charge on any atom is 0.197 e. The molecule has 1 atom stereocenters. The first-order valence-electron chi connectivity index (χ1n) is 12.9. The van der Waals surface area contributed by atoms with Crippen LogP contribution in [0.25, 0.3) is 27.6 Å². The Morgan fingerprint density at radius 3 is 2.81 bits per heavy atom. The number of rotatable bonds is 7. The molecule has 4 aromatic heterocycles. The fourth-order valence-electron chi connectivity index (χ4n) is 5.40. The second-order valence-corrected chi connectivity index (χ2v) is 11.5. The summed E-state index contributed by atoms with van der Waals surface area (Å²) in [6, 6.07) is 2.46. The third-order valence-corrected chi connectivity index (χ3v) is 8.60. The Labute approximate surface area is 215 Å². The van der Waals surface area contributed by atoms with Gasteiger partial charge in [0.05, 0.1) is 24.2 Å². The van der Waals surface area contributed by atoms with E-state index in [2.05, 4.69) is 52.7 Å². The van der Waals surface area contributed by atoms with Crippen LogP contribution in [-0.2, 0) is 0 Å². The van der Waals surface area contributed by atoms with E-state index in [4.69, 9.17) is 14.8 Å². The number of pyridine rings is 1. The first-order chi connectivity index (χ1) is 17.4. The molecule has 1 saturated carbocycles. The van der Waals surface area contributed by atoms with Crippen molar-refractivity contribution in [2.45, 2.75) is 52.5 Å². The Morgan fingerprint density at radius 2 is 2.08 bits per heavy atom. The minimum atomic E-state index is 0.253. The van der Waals surface area contributed by atoms with Gasteiger partial charge in [0.25, 0.3) is 0 Å². The molecule has 0 bridgehead atoms. The molecule has 5 heterocycles. The summed E-state index contributed by atoms with van der Waals surface area (Å²) in [4.78, 5) is 14.5. The van der Waals surface area contributed by atoms with Gasteiger partial charge in [-0.25, -0.2) is 14.5 Å². The molecule has 190 valence electrons. The monoisotopic (exact) mass is 506 g/mol. The van der Waals surface area contributed by atoms with Gasteiger partial charge >= 0.3 is 0 Å². The molecule has 0 amide bonds. The Bertz CT molecular complexity index is 1380. The van der Waals surface area contributed by atoms with E-state index in [1.165, 1.54) is 30.7 Å². The van der Waals surface area contributed by atoms with Crippen LogP contribution in [-0.4, -0.2) is 74.0 Å². The first-order valence-corrected chi connectivity index (χ1v) is 13.7. The molecule has 2 aliphatic rings. The van der Waals surface area contributed by atoms with Gasteiger partial charge in [0.1, 0.15) is 16.3 Å². The predicted molar refractivity (Wildman–Crippen MR) is 143 cm³/mol. The van der Waals surface area contributed by atoms with Gasteiger partial charge in [-0.3, -0.25) is 10.00 Å². The Kier molecular flexibility index (Phi) is 5.95. The SMILES string of the molecule is COc1cc(-c2n[nH]c(-c3nc(C)c(N4CCN(CC5CC5)CC4C)s3)c2C(C)C)cn2ncnc12. The van der Waals surface area contributed by atoms with Crippen LogP contribution >= 0.6 is 11.3 Å². The van der Waals surface area contributed by atoms with Crippen molar-refractivity contribution in [3.05, 3.63) is 29.8 Å². The first kappa shape index (κ1) is 23.4. The number of hydrogen-bond donors (Lipinski definition) is 1. The highest BCUT2D eigenvalue weighted by Gasteiger charge is 2.31. The van der Waals surface area contributed by atoms with E-state index in [1.54, 1.807) is 23.0 Å². The fourth-order valence-corrected chi connectivity index (χ4v) is 6.60. The Morgan fingerprint density at radius 1 is 1.25 bits per heavy atom. The average Bonchev–Trinajstić information content (AvgIpc) is 3.23. The predicted octanol–water partition coefficient (Wildman–Crippen LogP) is 4.60. The van der Waals surface area contributed by atoms with E-state index >= 15 is 0 Å². The molecule has 6 rings (SSSR count). The molecule has 1 aliphatic heterocycles. The topological polar surface area (TPSA) is 87.5 Å². The number of piperazine rings is 1. The molecule has 2 fully saturated rings. The number of anilines is 1. The summed E-state index contributed by atoms with van der Waals surface area (Å²) in [5.41, 5.74) is 5.76. The van der Waals surface area contributed by atoms with Crippen LogP contribution < -0.4 is 9.64 Å². The van der Waals surface area contributed by atoms with Crippen molar-refractivity contribution in [1.29, 1.82) is 0 Å². The van der Waals surface area contributed by atoms with E-state index in [9.17, 15) is 0 Å². The number of ether oxygens (including phenoxy) is 1. The second kappa shape index (κ2) is 9.15. The average molecular weight is 507 g/mol. The largest absolute Gasteiger partial charge is 0.493 e. The fraction of sp³-hybridized carbons (Fsp3) is 0.538. The van der Waals surface area contributed by atoms with Gasteiger partial charge in [0, 0.05) is 49.5 Å². The number of aromatic amines is 1. The molecule has 9 nitrogen and oxygen atoms in total. The molecule has 4 aromatic rings. The van der Waals surface area contributed by atoms with Crippen LogP contribution in [0.5, 0.6) is 5.75 Å². The highest BCUT2D eigenvalue weighted by Crippen LogP contribution is 2.42. The van der Waals surface area contributed by atoms with Crippen LogP contribution in [0, 0.1) is 12.8 Å². The zero-order chi connectivity index (χ0) is 25.0. The zero-order valence-corrected chi connectivity index (χ0v) is 22.5. The van der Waals surface area contributed by atoms with Gasteiger partial charge in [-0.05, 0) is 44.6 Å². The van der Waals surface area contributed by atoms with Gasteiger partial charge in [-0.15, -0.1) is 0 Å². The van der Waals surface area contributed by atoms with Crippen LogP contribution in [0.4, 0.5) is 5.00 Å². The lowest BCUT2D eigenvalue weighted by atomic mass is 9.97. The van der Waals surface area contributed by atoms with Gasteiger partial charge in [0.15, 0.2) is 11.4 Å². The molecule has 0 spiro atoms. The van der Waals surface area contributed by atoms with Crippen molar-refractivity contribution < 1.29 is 4.74 Å². The maximum atomic E-state index is 5.59. The lowest BCUT2D eigenvalue weighted by Crippen LogP contribution is -2.52. The van der Waals surface area contributed by atoms with Crippen molar-refractivity contribution in [3.63, 3.8) is 0 Å². The summed E-state index contributed by atoms with van der Waals surface area (Å²) in [7, 11) is 1.65. The molecule has 1 unspecified atom stereocenters. The van der Waals surface area contributed by atoms with E-state index < -0.39 is 0 Å². The Hall–Kier alpha value is -2.98. The molecule has 10 heteroatoms. The summed E-state index contributed by atoms with van der Waals surface area (Å²) >= 11 is 1.77. The lowest BCUT2D eigenvalue weighted by Gasteiger charge is -2.40. The molecular formula is C26H34N8OS. The number of aromatic nitrogens is 6. The van der Waals surface area contributed by atoms with E-state index in [0.717, 1.165) is 58.8 Å². The maximum absolute atomic E-state index is 5.59. The number of H-pyrrole nitrogens is 1. The molecule has 1 saturated heterocycles. The third kappa shape index (κ3) is 4.16. The number of methoxy groups -OCH3 is 1. The van der Waals surface area contributed by atoms with Crippen molar-refractivity contribution in [1.82, 2.24) is 34.7 Å². The minimum Gasteiger partial charge on any atom is -0.493 e. The van der Waals surface area contributed by atoms with Crippen LogP contribution in [0.2, 0.25) is 0 Å². The molecule has 0 radical (unpaired) electrons. The summed E-state index contributed by atoms with van der Waals surface area (Å²) in [5.74, 6) is 1.87. The number of nitrogens with one attached hydrogen (secondary N) is 1. The quantitative estimate of drug-likeness (QED) is 0.392. The highest BCUT2D eigenvalue weighted by molar-refractivity contribution is 7.19. The minimum absolute atomic E-state index is 0.253. The number of thiazole rings is 1. The van der Waals surface area contributed by atoms with Crippen molar-refractivity contribution >= 4 is 22.0 Å². The van der Waals surface area contributed by atoms with E-state index in [0.29, 0.717) is 17.4 Å².